The average Bonchev–Trinajstić information content (AvgIpc) is 2.21. The minimum Gasteiger partial charge on any atom is -0.352 e. The summed E-state index contributed by atoms with van der Waals surface area (Å²) in [5.74, 6) is 1.82. The standard InChI is InChI=1S/C11H22N2OS/c1-8-4-5-12-6-10(8)13-11(14)9(2)7-15-3/h8-10,12H,4-7H2,1-3H3,(H,13,14). The van der Waals surface area contributed by atoms with E-state index in [0.29, 0.717) is 12.0 Å². The maximum absolute atomic E-state index is 11.8. The van der Waals surface area contributed by atoms with Crippen LogP contribution in [0.15, 0.2) is 0 Å². The first-order valence-corrected chi connectivity index (χ1v) is 7.04. The van der Waals surface area contributed by atoms with Crippen LogP contribution in [-0.4, -0.2) is 37.0 Å². The van der Waals surface area contributed by atoms with E-state index in [4.69, 9.17) is 0 Å². The molecule has 3 nitrogen and oxygen atoms in total. The molecule has 0 aromatic carbocycles. The second-order valence-corrected chi connectivity index (χ2v) is 5.35. The van der Waals surface area contributed by atoms with Crippen LogP contribution in [0.4, 0.5) is 0 Å². The number of amides is 1. The Bertz CT molecular complexity index is 211. The highest BCUT2D eigenvalue weighted by molar-refractivity contribution is 7.98. The van der Waals surface area contributed by atoms with Gasteiger partial charge in [-0.1, -0.05) is 13.8 Å². The minimum absolute atomic E-state index is 0.120. The number of hydrogen-bond acceptors (Lipinski definition) is 3. The smallest absolute Gasteiger partial charge is 0.223 e. The lowest BCUT2D eigenvalue weighted by Gasteiger charge is -2.31. The first kappa shape index (κ1) is 12.8. The molecule has 4 heteroatoms. The summed E-state index contributed by atoms with van der Waals surface area (Å²) in [6.07, 6.45) is 3.19. The minimum atomic E-state index is 0.120. The topological polar surface area (TPSA) is 41.1 Å². The lowest BCUT2D eigenvalue weighted by atomic mass is 9.94. The van der Waals surface area contributed by atoms with Gasteiger partial charge in [0.15, 0.2) is 0 Å². The van der Waals surface area contributed by atoms with Crippen molar-refractivity contribution in [1.29, 1.82) is 0 Å². The molecule has 3 atom stereocenters. The molecule has 0 aliphatic carbocycles. The van der Waals surface area contributed by atoms with Crippen LogP contribution in [0.2, 0.25) is 0 Å². The fourth-order valence-corrected chi connectivity index (χ4v) is 2.49. The summed E-state index contributed by atoms with van der Waals surface area (Å²) in [6, 6.07) is 0.315. The van der Waals surface area contributed by atoms with Crippen molar-refractivity contribution in [2.24, 2.45) is 11.8 Å². The number of thioether (sulfide) groups is 1. The Morgan fingerprint density at radius 2 is 2.40 bits per heavy atom. The van der Waals surface area contributed by atoms with Crippen LogP contribution in [0.1, 0.15) is 20.3 Å². The average molecular weight is 230 g/mol. The van der Waals surface area contributed by atoms with Crippen molar-refractivity contribution >= 4 is 17.7 Å². The van der Waals surface area contributed by atoms with E-state index in [9.17, 15) is 4.79 Å². The van der Waals surface area contributed by atoms with E-state index in [1.165, 1.54) is 0 Å². The van der Waals surface area contributed by atoms with Gasteiger partial charge < -0.3 is 10.6 Å². The monoisotopic (exact) mass is 230 g/mol. The Labute approximate surface area is 96.8 Å². The summed E-state index contributed by atoms with van der Waals surface area (Å²) >= 11 is 1.72. The van der Waals surface area contributed by atoms with Gasteiger partial charge in [0.1, 0.15) is 0 Å². The summed E-state index contributed by atoms with van der Waals surface area (Å²) in [4.78, 5) is 11.8. The molecule has 1 aliphatic rings. The molecular formula is C11H22N2OS. The van der Waals surface area contributed by atoms with Crippen LogP contribution in [0.3, 0.4) is 0 Å². The van der Waals surface area contributed by atoms with E-state index in [2.05, 4.69) is 17.6 Å². The van der Waals surface area contributed by atoms with Crippen molar-refractivity contribution in [1.82, 2.24) is 10.6 Å². The van der Waals surface area contributed by atoms with Crippen LogP contribution >= 0.6 is 11.8 Å². The predicted molar refractivity (Wildman–Crippen MR) is 66.1 cm³/mol. The lowest BCUT2D eigenvalue weighted by molar-refractivity contribution is -0.125. The number of nitrogens with one attached hydrogen (secondary N) is 2. The molecule has 1 heterocycles. The van der Waals surface area contributed by atoms with Gasteiger partial charge in [0, 0.05) is 24.3 Å². The molecule has 0 spiro atoms. The second kappa shape index (κ2) is 6.38. The first-order valence-electron chi connectivity index (χ1n) is 5.65. The molecule has 1 fully saturated rings. The van der Waals surface area contributed by atoms with Crippen LogP contribution in [0, 0.1) is 11.8 Å². The van der Waals surface area contributed by atoms with E-state index < -0.39 is 0 Å². The molecule has 0 saturated carbocycles. The molecule has 15 heavy (non-hydrogen) atoms. The van der Waals surface area contributed by atoms with Gasteiger partial charge >= 0.3 is 0 Å². The van der Waals surface area contributed by atoms with Gasteiger partial charge in [-0.2, -0.15) is 11.8 Å². The third-order valence-electron chi connectivity index (χ3n) is 3.02. The van der Waals surface area contributed by atoms with Crippen molar-refractivity contribution < 1.29 is 4.79 Å². The third kappa shape index (κ3) is 4.03. The van der Waals surface area contributed by atoms with Gasteiger partial charge in [0.2, 0.25) is 5.91 Å². The summed E-state index contributed by atoms with van der Waals surface area (Å²) in [5.41, 5.74) is 0. The van der Waals surface area contributed by atoms with Gasteiger partial charge in [0.25, 0.3) is 0 Å². The Morgan fingerprint density at radius 3 is 3.00 bits per heavy atom. The molecule has 1 saturated heterocycles. The van der Waals surface area contributed by atoms with Crippen LogP contribution in [0.5, 0.6) is 0 Å². The summed E-state index contributed by atoms with van der Waals surface area (Å²) in [5, 5.41) is 6.46. The Balaban J connectivity index is 2.35. The van der Waals surface area contributed by atoms with E-state index in [1.54, 1.807) is 11.8 Å². The molecule has 88 valence electrons. The summed E-state index contributed by atoms with van der Waals surface area (Å²) < 4.78 is 0. The fraction of sp³-hybridized carbons (Fsp3) is 0.909. The molecular weight excluding hydrogens is 208 g/mol. The van der Waals surface area contributed by atoms with Crippen LogP contribution in [-0.2, 0) is 4.79 Å². The fourth-order valence-electron chi connectivity index (χ4n) is 1.83. The van der Waals surface area contributed by atoms with Crippen molar-refractivity contribution in [3.8, 4) is 0 Å². The zero-order chi connectivity index (χ0) is 11.3. The molecule has 2 N–H and O–H groups in total. The normalized spacial score (nSPS) is 28.5. The molecule has 1 amide bonds. The highest BCUT2D eigenvalue weighted by Gasteiger charge is 2.24. The van der Waals surface area contributed by atoms with E-state index in [0.717, 1.165) is 25.3 Å². The molecule has 3 unspecified atom stereocenters. The molecule has 0 aromatic rings. The Hall–Kier alpha value is -0.220. The van der Waals surface area contributed by atoms with Gasteiger partial charge in [-0.15, -0.1) is 0 Å². The Morgan fingerprint density at radius 1 is 1.67 bits per heavy atom. The number of carbonyl (C=O) groups excluding carboxylic acids is 1. The van der Waals surface area contributed by atoms with Crippen molar-refractivity contribution in [2.45, 2.75) is 26.3 Å². The van der Waals surface area contributed by atoms with Crippen molar-refractivity contribution in [3.63, 3.8) is 0 Å². The number of carbonyl (C=O) groups is 1. The third-order valence-corrected chi connectivity index (χ3v) is 3.85. The molecule has 0 radical (unpaired) electrons. The SMILES string of the molecule is CSCC(C)C(=O)NC1CNCCC1C. The highest BCUT2D eigenvalue weighted by Crippen LogP contribution is 2.12. The van der Waals surface area contributed by atoms with E-state index in [1.807, 2.05) is 13.2 Å². The van der Waals surface area contributed by atoms with Crippen molar-refractivity contribution in [3.05, 3.63) is 0 Å². The largest absolute Gasteiger partial charge is 0.352 e. The van der Waals surface area contributed by atoms with Gasteiger partial charge in [-0.3, -0.25) is 4.79 Å². The van der Waals surface area contributed by atoms with Crippen molar-refractivity contribution in [2.75, 3.05) is 25.1 Å². The number of hydrogen-bond donors (Lipinski definition) is 2. The zero-order valence-corrected chi connectivity index (χ0v) is 10.7. The molecule has 0 aromatic heterocycles. The lowest BCUT2D eigenvalue weighted by Crippen LogP contribution is -2.51. The zero-order valence-electron chi connectivity index (χ0n) is 9.88. The number of rotatable bonds is 4. The predicted octanol–water partition coefficient (Wildman–Crippen LogP) is 1.10. The molecule has 1 aliphatic heterocycles. The first-order chi connectivity index (χ1) is 7.15. The molecule has 1 rings (SSSR count). The summed E-state index contributed by atoms with van der Waals surface area (Å²) in [6.45, 7) is 6.20. The quantitative estimate of drug-likeness (QED) is 0.760. The summed E-state index contributed by atoms with van der Waals surface area (Å²) in [7, 11) is 0. The van der Waals surface area contributed by atoms with Crippen LogP contribution in [0.25, 0.3) is 0 Å². The van der Waals surface area contributed by atoms with Gasteiger partial charge in [-0.25, -0.2) is 0 Å². The Kier molecular flexibility index (Phi) is 5.47. The number of piperidine rings is 1. The maximum Gasteiger partial charge on any atom is 0.223 e. The van der Waals surface area contributed by atoms with Crippen LogP contribution < -0.4 is 10.6 Å². The van der Waals surface area contributed by atoms with Gasteiger partial charge in [0.05, 0.1) is 0 Å². The second-order valence-electron chi connectivity index (χ2n) is 4.44. The van der Waals surface area contributed by atoms with E-state index >= 15 is 0 Å². The maximum atomic E-state index is 11.8. The highest BCUT2D eigenvalue weighted by atomic mass is 32.2. The van der Waals surface area contributed by atoms with E-state index in [-0.39, 0.29) is 11.8 Å². The van der Waals surface area contributed by atoms with Gasteiger partial charge in [-0.05, 0) is 25.1 Å². The molecule has 0 bridgehead atoms.